The van der Waals surface area contributed by atoms with Crippen molar-refractivity contribution in [2.75, 3.05) is 11.4 Å². The van der Waals surface area contributed by atoms with Gasteiger partial charge >= 0.3 is 0 Å². The van der Waals surface area contributed by atoms with Crippen LogP contribution in [-0.4, -0.2) is 25.4 Å². The number of aromatic nitrogens is 2. The lowest BCUT2D eigenvalue weighted by Crippen LogP contribution is -2.26. The fraction of sp³-hybridized carbons (Fsp3) is 0.200. The number of halogens is 1. The number of pyridine rings is 1. The van der Waals surface area contributed by atoms with Crippen molar-refractivity contribution in [3.63, 3.8) is 0 Å². The molecule has 2 aromatic rings. The van der Waals surface area contributed by atoms with Crippen LogP contribution in [0.4, 0.5) is 5.13 Å². The van der Waals surface area contributed by atoms with Gasteiger partial charge in [0.25, 0.3) is 10.0 Å². The van der Waals surface area contributed by atoms with Crippen LogP contribution in [0.25, 0.3) is 0 Å². The lowest BCUT2D eigenvalue weighted by molar-refractivity contribution is 0.593. The van der Waals surface area contributed by atoms with E-state index in [0.29, 0.717) is 15.8 Å². The van der Waals surface area contributed by atoms with Gasteiger partial charge < -0.3 is 0 Å². The average Bonchev–Trinajstić information content (AvgIpc) is 2.85. The van der Waals surface area contributed by atoms with Crippen LogP contribution in [-0.2, 0) is 10.0 Å². The highest BCUT2D eigenvalue weighted by Gasteiger charge is 2.23. The molecule has 0 aliphatic rings. The molecule has 0 unspecified atom stereocenters. The van der Waals surface area contributed by atoms with E-state index in [1.165, 1.54) is 30.6 Å². The van der Waals surface area contributed by atoms with Crippen molar-refractivity contribution in [1.82, 2.24) is 9.97 Å². The number of hydrogen-bond donors (Lipinski definition) is 0. The van der Waals surface area contributed by atoms with E-state index in [-0.39, 0.29) is 4.90 Å². The molecule has 5 nitrogen and oxygen atoms in total. The molecule has 0 N–H and O–H groups in total. The molecule has 0 fully saturated rings. The zero-order chi connectivity index (χ0) is 13.3. The molecule has 0 spiro atoms. The van der Waals surface area contributed by atoms with Crippen LogP contribution in [0.2, 0.25) is 5.15 Å². The van der Waals surface area contributed by atoms with Crippen molar-refractivity contribution in [1.29, 1.82) is 0 Å². The summed E-state index contributed by atoms with van der Waals surface area (Å²) in [6, 6.07) is 1.49. The summed E-state index contributed by atoms with van der Waals surface area (Å²) >= 11 is 7.03. The third kappa shape index (κ3) is 2.33. The highest BCUT2D eigenvalue weighted by Crippen LogP contribution is 2.24. The van der Waals surface area contributed by atoms with Crippen LogP contribution in [0, 0.1) is 6.92 Å². The first-order valence-corrected chi connectivity index (χ1v) is 7.63. The predicted molar refractivity (Wildman–Crippen MR) is 71.7 cm³/mol. The van der Waals surface area contributed by atoms with Crippen LogP contribution >= 0.6 is 22.9 Å². The van der Waals surface area contributed by atoms with Crippen LogP contribution in [0.5, 0.6) is 0 Å². The summed E-state index contributed by atoms with van der Waals surface area (Å²) in [5.74, 6) is 0. The number of nitrogens with zero attached hydrogens (tertiary/aromatic N) is 3. The van der Waals surface area contributed by atoms with Crippen LogP contribution in [0.3, 0.4) is 0 Å². The molecular weight excluding hydrogens is 294 g/mol. The second-order valence-electron chi connectivity index (χ2n) is 3.57. The topological polar surface area (TPSA) is 63.2 Å². The standard InChI is InChI=1S/C10H10ClN3O2S2/c1-7-5-8(6-13-9(7)11)18(15,16)14(2)10-12-3-4-17-10/h3-6H,1-2H3. The maximum Gasteiger partial charge on any atom is 0.267 e. The van der Waals surface area contributed by atoms with Gasteiger partial charge in [0.1, 0.15) is 10.0 Å². The van der Waals surface area contributed by atoms with Gasteiger partial charge in [0, 0.05) is 24.8 Å². The molecule has 0 bridgehead atoms. The van der Waals surface area contributed by atoms with Gasteiger partial charge in [-0.15, -0.1) is 11.3 Å². The Balaban J connectivity index is 2.45. The number of anilines is 1. The van der Waals surface area contributed by atoms with Crippen molar-refractivity contribution in [2.45, 2.75) is 11.8 Å². The SMILES string of the molecule is Cc1cc(S(=O)(=O)N(C)c2nccs2)cnc1Cl. The molecule has 8 heteroatoms. The minimum absolute atomic E-state index is 0.0992. The maximum absolute atomic E-state index is 12.3. The molecule has 2 aromatic heterocycles. The molecule has 96 valence electrons. The Morgan fingerprint density at radius 2 is 2.11 bits per heavy atom. The maximum atomic E-state index is 12.3. The number of thiazole rings is 1. The van der Waals surface area contributed by atoms with Gasteiger partial charge in [0.05, 0.1) is 0 Å². The molecule has 0 saturated heterocycles. The number of aryl methyl sites for hydroxylation is 1. The summed E-state index contributed by atoms with van der Waals surface area (Å²) in [6.07, 6.45) is 2.80. The largest absolute Gasteiger partial charge is 0.267 e. The Labute approximate surface area is 114 Å². The molecule has 0 amide bonds. The van der Waals surface area contributed by atoms with Gasteiger partial charge in [-0.05, 0) is 18.6 Å². The average molecular weight is 304 g/mol. The molecule has 0 radical (unpaired) electrons. The molecule has 0 aliphatic heterocycles. The summed E-state index contributed by atoms with van der Waals surface area (Å²) in [5, 5.41) is 2.42. The Kier molecular flexibility index (Phi) is 3.56. The van der Waals surface area contributed by atoms with Gasteiger partial charge in [-0.3, -0.25) is 0 Å². The van der Waals surface area contributed by atoms with E-state index in [9.17, 15) is 8.42 Å². The summed E-state index contributed by atoms with van der Waals surface area (Å²) < 4.78 is 25.7. The second-order valence-corrected chi connectivity index (χ2v) is 6.77. The van der Waals surface area contributed by atoms with Crippen molar-refractivity contribution in [3.8, 4) is 0 Å². The molecule has 0 saturated carbocycles. The molecule has 2 rings (SSSR count). The highest BCUT2D eigenvalue weighted by atomic mass is 35.5. The van der Waals surface area contributed by atoms with Crippen LogP contribution < -0.4 is 4.31 Å². The normalized spacial score (nSPS) is 11.5. The van der Waals surface area contributed by atoms with Gasteiger partial charge in [-0.1, -0.05) is 11.6 Å². The summed E-state index contributed by atoms with van der Waals surface area (Å²) in [4.78, 5) is 7.92. The van der Waals surface area contributed by atoms with Gasteiger partial charge in [-0.2, -0.15) is 0 Å². The molecule has 2 heterocycles. The first kappa shape index (κ1) is 13.3. The monoisotopic (exact) mass is 303 g/mol. The van der Waals surface area contributed by atoms with E-state index in [0.717, 1.165) is 4.31 Å². The quantitative estimate of drug-likeness (QED) is 0.816. The molecule has 0 aliphatic carbocycles. The first-order chi connectivity index (χ1) is 8.43. The minimum Gasteiger partial charge on any atom is -0.244 e. The minimum atomic E-state index is -3.64. The third-order valence-corrected chi connectivity index (χ3v) is 5.41. The van der Waals surface area contributed by atoms with E-state index in [1.54, 1.807) is 18.5 Å². The second kappa shape index (κ2) is 4.83. The Hall–Kier alpha value is -1.18. The molecule has 18 heavy (non-hydrogen) atoms. The number of hydrogen-bond acceptors (Lipinski definition) is 5. The number of rotatable bonds is 3. The van der Waals surface area contributed by atoms with E-state index < -0.39 is 10.0 Å². The molecule has 0 atom stereocenters. The van der Waals surface area contributed by atoms with Crippen molar-refractivity contribution in [3.05, 3.63) is 34.6 Å². The first-order valence-electron chi connectivity index (χ1n) is 4.93. The lowest BCUT2D eigenvalue weighted by Gasteiger charge is -2.16. The fourth-order valence-corrected chi connectivity index (χ4v) is 3.43. The highest BCUT2D eigenvalue weighted by molar-refractivity contribution is 7.93. The van der Waals surface area contributed by atoms with Crippen molar-refractivity contribution >= 4 is 38.1 Å². The zero-order valence-electron chi connectivity index (χ0n) is 9.66. The summed E-state index contributed by atoms with van der Waals surface area (Å²) in [5.41, 5.74) is 0.616. The Morgan fingerprint density at radius 1 is 1.39 bits per heavy atom. The summed E-state index contributed by atoms with van der Waals surface area (Å²) in [6.45, 7) is 1.71. The fourth-order valence-electron chi connectivity index (χ4n) is 1.31. The Bertz CT molecular complexity index is 656. The third-order valence-electron chi connectivity index (χ3n) is 2.34. The van der Waals surface area contributed by atoms with Gasteiger partial charge in [-0.25, -0.2) is 22.7 Å². The summed E-state index contributed by atoms with van der Waals surface area (Å²) in [7, 11) is -2.18. The smallest absolute Gasteiger partial charge is 0.244 e. The van der Waals surface area contributed by atoms with E-state index in [1.807, 2.05) is 0 Å². The van der Waals surface area contributed by atoms with E-state index in [4.69, 9.17) is 11.6 Å². The van der Waals surface area contributed by atoms with E-state index in [2.05, 4.69) is 9.97 Å². The number of sulfonamides is 1. The zero-order valence-corrected chi connectivity index (χ0v) is 12.1. The lowest BCUT2D eigenvalue weighted by atomic mass is 10.3. The van der Waals surface area contributed by atoms with Gasteiger partial charge in [0.15, 0.2) is 5.13 Å². The predicted octanol–water partition coefficient (Wildman–Crippen LogP) is 2.33. The van der Waals surface area contributed by atoms with Crippen molar-refractivity contribution in [2.24, 2.45) is 0 Å². The van der Waals surface area contributed by atoms with Crippen LogP contribution in [0.15, 0.2) is 28.7 Å². The molecular formula is C10H10ClN3O2S2. The Morgan fingerprint density at radius 3 is 2.67 bits per heavy atom. The van der Waals surface area contributed by atoms with Crippen molar-refractivity contribution < 1.29 is 8.42 Å². The van der Waals surface area contributed by atoms with E-state index >= 15 is 0 Å². The molecule has 0 aromatic carbocycles. The van der Waals surface area contributed by atoms with Gasteiger partial charge in [0.2, 0.25) is 0 Å². The van der Waals surface area contributed by atoms with Crippen LogP contribution in [0.1, 0.15) is 5.56 Å².